The lowest BCUT2D eigenvalue weighted by Gasteiger charge is -2.27. The van der Waals surface area contributed by atoms with Crippen molar-refractivity contribution in [1.82, 2.24) is 0 Å². The smallest absolute Gasteiger partial charge is 0.255 e. The first kappa shape index (κ1) is 22.6. The third kappa shape index (κ3) is 4.63. The molecule has 0 bridgehead atoms. The summed E-state index contributed by atoms with van der Waals surface area (Å²) in [6.45, 7) is 0.00769. The van der Waals surface area contributed by atoms with E-state index in [0.29, 0.717) is 37.8 Å². The molecule has 1 aliphatic carbocycles. The number of carbonyl (C=O) groups is 1. The van der Waals surface area contributed by atoms with E-state index < -0.39 is 38.4 Å². The predicted molar refractivity (Wildman–Crippen MR) is 106 cm³/mol. The monoisotopic (exact) mass is 461 g/mol. The van der Waals surface area contributed by atoms with Crippen LogP contribution in [0.25, 0.3) is 0 Å². The van der Waals surface area contributed by atoms with Gasteiger partial charge in [-0.05, 0) is 49.8 Å². The average Bonchev–Trinajstić information content (AvgIpc) is 2.72. The van der Waals surface area contributed by atoms with Crippen LogP contribution in [0.1, 0.15) is 36.0 Å². The average molecular weight is 462 g/mol. The first-order valence-corrected chi connectivity index (χ1v) is 11.2. The van der Waals surface area contributed by atoms with Crippen LogP contribution in [0, 0.1) is 23.4 Å². The normalized spacial score (nSPS) is 19.5. The second-order valence-electron chi connectivity index (χ2n) is 7.22. The molecule has 0 unspecified atom stereocenters. The van der Waals surface area contributed by atoms with Crippen LogP contribution in [-0.4, -0.2) is 31.3 Å². The molecule has 1 fully saturated rings. The Morgan fingerprint density at radius 1 is 1.07 bits per heavy atom. The molecule has 2 N–H and O–H groups in total. The van der Waals surface area contributed by atoms with Crippen LogP contribution in [0.4, 0.5) is 18.9 Å². The summed E-state index contributed by atoms with van der Waals surface area (Å²) in [7, 11) is -3.84. The van der Waals surface area contributed by atoms with Gasteiger partial charge in [-0.2, -0.15) is 0 Å². The van der Waals surface area contributed by atoms with Gasteiger partial charge in [-0.1, -0.05) is 11.6 Å². The molecule has 2 aromatic rings. The first-order valence-electron chi connectivity index (χ1n) is 9.23. The Bertz CT molecular complexity index is 1050. The quantitative estimate of drug-likeness (QED) is 0.649. The Labute approximate surface area is 176 Å². The van der Waals surface area contributed by atoms with Crippen molar-refractivity contribution in [3.8, 4) is 0 Å². The molecule has 0 aromatic heterocycles. The summed E-state index contributed by atoms with van der Waals surface area (Å²) >= 11 is 6.09. The van der Waals surface area contributed by atoms with Crippen molar-refractivity contribution in [3.05, 3.63) is 58.4 Å². The van der Waals surface area contributed by atoms with E-state index in [2.05, 4.69) is 5.32 Å². The van der Waals surface area contributed by atoms with Crippen molar-refractivity contribution in [3.63, 3.8) is 0 Å². The van der Waals surface area contributed by atoms with Gasteiger partial charge in [0.2, 0.25) is 0 Å². The van der Waals surface area contributed by atoms with E-state index in [-0.39, 0.29) is 33.7 Å². The second kappa shape index (κ2) is 8.95. The molecule has 0 atom stereocenters. The second-order valence-corrected chi connectivity index (χ2v) is 9.83. The van der Waals surface area contributed by atoms with Crippen molar-refractivity contribution in [1.29, 1.82) is 0 Å². The Balaban J connectivity index is 1.85. The molecular formula is C20H19ClF3NO4S. The molecule has 1 amide bonds. The Morgan fingerprint density at radius 3 is 2.23 bits per heavy atom. The van der Waals surface area contributed by atoms with Crippen LogP contribution in [0.15, 0.2) is 35.2 Å². The van der Waals surface area contributed by atoms with Crippen molar-refractivity contribution >= 4 is 33.0 Å². The van der Waals surface area contributed by atoms with Gasteiger partial charge >= 0.3 is 0 Å². The van der Waals surface area contributed by atoms with Crippen LogP contribution < -0.4 is 5.32 Å². The summed E-state index contributed by atoms with van der Waals surface area (Å²) in [5.74, 6) is -5.37. The number of benzene rings is 2. The summed E-state index contributed by atoms with van der Waals surface area (Å²) in [6, 6.07) is 4.87. The maximum Gasteiger partial charge on any atom is 0.255 e. The van der Waals surface area contributed by atoms with Gasteiger partial charge in [0, 0.05) is 30.0 Å². The molecule has 0 aliphatic heterocycles. The largest absolute Gasteiger partial charge is 0.396 e. The molecule has 0 heterocycles. The molecule has 0 saturated heterocycles. The minimum Gasteiger partial charge on any atom is -0.396 e. The molecular weight excluding hydrogens is 443 g/mol. The number of hydrogen-bond donors (Lipinski definition) is 2. The molecule has 162 valence electrons. The summed E-state index contributed by atoms with van der Waals surface area (Å²) in [6.07, 6.45) is 1.88. The van der Waals surface area contributed by atoms with Crippen LogP contribution in [0.2, 0.25) is 5.02 Å². The van der Waals surface area contributed by atoms with Crippen LogP contribution in [-0.2, 0) is 9.84 Å². The van der Waals surface area contributed by atoms with Gasteiger partial charge in [0.05, 0.1) is 15.2 Å². The fraction of sp³-hybridized carbons (Fsp3) is 0.350. The van der Waals surface area contributed by atoms with Crippen LogP contribution in [0.3, 0.4) is 0 Å². The fourth-order valence-corrected chi connectivity index (χ4v) is 5.82. The number of amides is 1. The number of halogens is 4. The molecule has 30 heavy (non-hydrogen) atoms. The van der Waals surface area contributed by atoms with E-state index in [1.54, 1.807) is 0 Å². The molecule has 5 nitrogen and oxygen atoms in total. The highest BCUT2D eigenvalue weighted by Gasteiger charge is 2.33. The molecule has 2 aromatic carbocycles. The third-order valence-electron chi connectivity index (χ3n) is 5.23. The van der Waals surface area contributed by atoms with Crippen molar-refractivity contribution in [2.24, 2.45) is 5.92 Å². The molecule has 0 radical (unpaired) electrons. The minimum absolute atomic E-state index is 0.00769. The van der Waals surface area contributed by atoms with Gasteiger partial charge in [0.25, 0.3) is 5.91 Å². The van der Waals surface area contributed by atoms with Gasteiger partial charge in [-0.15, -0.1) is 0 Å². The zero-order chi connectivity index (χ0) is 22.1. The van der Waals surface area contributed by atoms with Crippen molar-refractivity contribution in [2.45, 2.75) is 35.8 Å². The van der Waals surface area contributed by atoms with E-state index in [1.165, 1.54) is 12.1 Å². The third-order valence-corrected chi connectivity index (χ3v) is 7.97. The van der Waals surface area contributed by atoms with Gasteiger partial charge < -0.3 is 10.4 Å². The molecule has 0 spiro atoms. The number of aliphatic hydroxyl groups is 1. The number of hydrogen-bond acceptors (Lipinski definition) is 4. The molecule has 3 rings (SSSR count). The summed E-state index contributed by atoms with van der Waals surface area (Å²) < 4.78 is 65.8. The predicted octanol–water partition coefficient (Wildman–Crippen LogP) is 4.33. The van der Waals surface area contributed by atoms with Gasteiger partial charge in [0.1, 0.15) is 0 Å². The number of anilines is 1. The topological polar surface area (TPSA) is 83.5 Å². The van der Waals surface area contributed by atoms with Gasteiger partial charge in [-0.25, -0.2) is 21.6 Å². The number of aliphatic hydroxyl groups excluding tert-OH is 1. The summed E-state index contributed by atoms with van der Waals surface area (Å²) in [5, 5.41) is 10.7. The number of rotatable bonds is 5. The highest BCUT2D eigenvalue weighted by Crippen LogP contribution is 2.34. The number of sulfone groups is 1. The van der Waals surface area contributed by atoms with Crippen molar-refractivity contribution < 1.29 is 31.5 Å². The van der Waals surface area contributed by atoms with E-state index in [0.717, 1.165) is 6.07 Å². The van der Waals surface area contributed by atoms with E-state index >= 15 is 0 Å². The zero-order valence-corrected chi connectivity index (χ0v) is 17.2. The number of carbonyl (C=O) groups excluding carboxylic acids is 1. The Hall–Kier alpha value is -2.10. The van der Waals surface area contributed by atoms with Crippen LogP contribution >= 0.6 is 11.6 Å². The van der Waals surface area contributed by atoms with Crippen molar-refractivity contribution in [2.75, 3.05) is 11.9 Å². The Morgan fingerprint density at radius 2 is 1.67 bits per heavy atom. The molecule has 1 aliphatic rings. The fourth-order valence-electron chi connectivity index (χ4n) is 3.50. The maximum atomic E-state index is 13.3. The van der Waals surface area contributed by atoms with Crippen LogP contribution in [0.5, 0.6) is 0 Å². The van der Waals surface area contributed by atoms with E-state index in [9.17, 15) is 31.5 Å². The standard InChI is InChI=1S/C20H19ClF3NO4S/c21-15-6-3-12(20(27)25-13-8-16(22)19(24)17(23)9-13)7-18(15)30(28,29)14-4-1-11(10-26)2-5-14/h3,6-9,11,14,26H,1-2,4-5,10H2,(H,25,27)/t11-,14-. The lowest BCUT2D eigenvalue weighted by atomic mass is 9.90. The zero-order valence-electron chi connectivity index (χ0n) is 15.7. The lowest BCUT2D eigenvalue weighted by Crippen LogP contribution is -2.28. The highest BCUT2D eigenvalue weighted by molar-refractivity contribution is 7.92. The summed E-state index contributed by atoms with van der Waals surface area (Å²) in [4.78, 5) is 12.2. The summed E-state index contributed by atoms with van der Waals surface area (Å²) in [5.41, 5.74) is -0.412. The SMILES string of the molecule is O=C(Nc1cc(F)c(F)c(F)c1)c1ccc(Cl)c(S(=O)(=O)[C@H]2CC[C@H](CO)CC2)c1. The first-order chi connectivity index (χ1) is 14.1. The maximum absolute atomic E-state index is 13.3. The van der Waals surface area contributed by atoms with E-state index in [4.69, 9.17) is 11.6 Å². The molecule has 1 saturated carbocycles. The molecule has 10 heteroatoms. The Kier molecular flexibility index (Phi) is 6.74. The highest BCUT2D eigenvalue weighted by atomic mass is 35.5. The lowest BCUT2D eigenvalue weighted by molar-refractivity contribution is 0.102. The number of nitrogens with one attached hydrogen (secondary N) is 1. The van der Waals surface area contributed by atoms with Gasteiger partial charge in [-0.3, -0.25) is 4.79 Å². The van der Waals surface area contributed by atoms with E-state index in [1.807, 2.05) is 0 Å². The van der Waals surface area contributed by atoms with Gasteiger partial charge in [0.15, 0.2) is 27.3 Å². The minimum atomic E-state index is -3.84.